The van der Waals surface area contributed by atoms with E-state index in [9.17, 15) is 8.42 Å². The third kappa shape index (κ3) is 3.67. The van der Waals surface area contributed by atoms with E-state index in [1.807, 2.05) is 0 Å². The first-order valence-corrected chi connectivity index (χ1v) is 5.47. The maximum absolute atomic E-state index is 10.8. The van der Waals surface area contributed by atoms with Crippen LogP contribution in [0.3, 0.4) is 0 Å². The van der Waals surface area contributed by atoms with E-state index in [-0.39, 0.29) is 41.1 Å². The van der Waals surface area contributed by atoms with E-state index in [1.165, 1.54) is 24.5 Å². The largest absolute Gasteiger partial charge is 1.00 e. The summed E-state index contributed by atoms with van der Waals surface area (Å²) < 4.78 is 26.4. The summed E-state index contributed by atoms with van der Waals surface area (Å²) in [5.74, 6) is 0. The fraction of sp³-hybridized carbons (Fsp3) is 0.333. The minimum atomic E-state index is -3.83. The van der Waals surface area contributed by atoms with Crippen LogP contribution in [-0.2, 0) is 21.4 Å². The van der Waals surface area contributed by atoms with Crippen molar-refractivity contribution >= 4 is 21.4 Å². The molecule has 1 heterocycles. The maximum Gasteiger partial charge on any atom is 1.00 e. The molecule has 68 valence electrons. The van der Waals surface area contributed by atoms with Gasteiger partial charge in [0, 0.05) is 12.0 Å². The van der Waals surface area contributed by atoms with Crippen LogP contribution in [0, 0.1) is 0 Å². The number of rotatable bonds is 3. The molecule has 0 radical (unpaired) electrons. The Balaban J connectivity index is 0.00000144. The Labute approximate surface area is 103 Å². The molecule has 4 nitrogen and oxygen atoms in total. The van der Waals surface area contributed by atoms with Crippen LogP contribution in [0.5, 0.6) is 0 Å². The smallest absolute Gasteiger partial charge is 0.560 e. The van der Waals surface area contributed by atoms with Gasteiger partial charge in [-0.05, 0) is 11.4 Å². The Morgan fingerprint density at radius 1 is 1.62 bits per heavy atom. The second-order valence-corrected chi connectivity index (χ2v) is 4.59. The molecule has 0 aromatic carbocycles. The van der Waals surface area contributed by atoms with E-state index in [1.54, 1.807) is 5.38 Å². The van der Waals surface area contributed by atoms with Crippen LogP contribution in [-0.4, -0.2) is 15.5 Å². The van der Waals surface area contributed by atoms with Gasteiger partial charge in [0.2, 0.25) is 0 Å². The van der Waals surface area contributed by atoms with Crippen LogP contribution < -0.4 is 29.6 Å². The average molecular weight is 229 g/mol. The van der Waals surface area contributed by atoms with Gasteiger partial charge in [-0.25, -0.2) is 8.42 Å². The van der Waals surface area contributed by atoms with Gasteiger partial charge >= 0.3 is 29.6 Å². The molecule has 0 spiro atoms. The summed E-state index contributed by atoms with van der Waals surface area (Å²) in [6, 6.07) is 1.42. The van der Waals surface area contributed by atoms with Crippen LogP contribution in [0.15, 0.2) is 16.3 Å². The first-order valence-electron chi connectivity index (χ1n) is 3.10. The first kappa shape index (κ1) is 13.6. The van der Waals surface area contributed by atoms with E-state index in [0.29, 0.717) is 4.88 Å². The van der Waals surface area contributed by atoms with Crippen molar-refractivity contribution in [2.75, 3.05) is 7.11 Å². The summed E-state index contributed by atoms with van der Waals surface area (Å²) in [5, 5.41) is 8.47. The van der Waals surface area contributed by atoms with Gasteiger partial charge < -0.3 is 9.88 Å². The number of ether oxygens (including phenoxy) is 1. The number of methoxy groups -OCH3 is 1. The summed E-state index contributed by atoms with van der Waals surface area (Å²) in [5.41, 5.74) is 0. The zero-order valence-corrected chi connectivity index (χ0v) is 11.0. The molecule has 7 heteroatoms. The summed E-state index contributed by atoms with van der Waals surface area (Å²) in [6.45, 7) is 0.241. The molecule has 1 rings (SSSR count). The Morgan fingerprint density at radius 3 is 2.69 bits per heavy atom. The first-order chi connectivity index (χ1) is 5.55. The molecule has 0 aliphatic heterocycles. The van der Waals surface area contributed by atoms with Gasteiger partial charge in [-0.1, -0.05) is 0 Å². The molecule has 0 aliphatic rings. The Kier molecular flexibility index (Phi) is 5.69. The average Bonchev–Trinajstić information content (AvgIpc) is 2.34. The fourth-order valence-electron chi connectivity index (χ4n) is 0.805. The van der Waals surface area contributed by atoms with Crippen molar-refractivity contribution in [3.8, 4) is 0 Å². The minimum absolute atomic E-state index is 0. The Morgan fingerprint density at radius 2 is 2.23 bits per heavy atom. The molecule has 1 N–H and O–H groups in total. The normalized spacial score (nSPS) is 10.9. The number of thiophene rings is 1. The van der Waals surface area contributed by atoms with Gasteiger partial charge in [0.25, 0.3) is 0 Å². The number of sulfonamides is 1. The molecule has 0 aliphatic carbocycles. The van der Waals surface area contributed by atoms with Gasteiger partial charge in [-0.2, -0.15) is 0 Å². The molecule has 13 heavy (non-hydrogen) atoms. The van der Waals surface area contributed by atoms with Crippen molar-refractivity contribution in [2.24, 2.45) is 0 Å². The van der Waals surface area contributed by atoms with Crippen LogP contribution in [0.4, 0.5) is 0 Å². The van der Waals surface area contributed by atoms with Gasteiger partial charge in [-0.3, -0.25) is 0 Å². The van der Waals surface area contributed by atoms with Crippen molar-refractivity contribution in [3.63, 3.8) is 0 Å². The van der Waals surface area contributed by atoms with Crippen molar-refractivity contribution in [3.05, 3.63) is 21.5 Å². The van der Waals surface area contributed by atoms with Crippen molar-refractivity contribution in [1.29, 1.82) is 0 Å². The van der Waals surface area contributed by atoms with Gasteiger partial charge in [0.15, 0.2) is 0 Å². The summed E-state index contributed by atoms with van der Waals surface area (Å²) in [7, 11) is -2.35. The zero-order chi connectivity index (χ0) is 9.19. The minimum Gasteiger partial charge on any atom is -0.560 e. The number of nitrogens with one attached hydrogen (secondary N) is 1. The molecule has 0 atom stereocenters. The molecule has 0 saturated carbocycles. The molecular weight excluding hydrogens is 221 g/mol. The molecule has 0 saturated heterocycles. The molecular formula is C6H8NNaO3S2. The molecule has 0 amide bonds. The Hall–Kier alpha value is 0.570. The van der Waals surface area contributed by atoms with Crippen LogP contribution in [0.25, 0.3) is 5.14 Å². The van der Waals surface area contributed by atoms with E-state index in [0.717, 1.165) is 0 Å². The SMILES string of the molecule is COCc1sccc1S([NH-])(=O)=O.[Na+]. The van der Waals surface area contributed by atoms with Crippen LogP contribution >= 0.6 is 11.3 Å². The third-order valence-electron chi connectivity index (χ3n) is 1.27. The number of hydrogen-bond donors (Lipinski definition) is 0. The summed E-state index contributed by atoms with van der Waals surface area (Å²) in [4.78, 5) is 0.627. The number of hydrogen-bond acceptors (Lipinski definition) is 4. The van der Waals surface area contributed by atoms with Gasteiger partial charge in [-0.15, -0.1) is 11.3 Å². The molecule has 0 fully saturated rings. The van der Waals surface area contributed by atoms with Crippen LogP contribution in [0.2, 0.25) is 0 Å². The topological polar surface area (TPSA) is 67.2 Å². The monoisotopic (exact) mass is 229 g/mol. The van der Waals surface area contributed by atoms with E-state index < -0.39 is 10.0 Å². The van der Waals surface area contributed by atoms with E-state index >= 15 is 0 Å². The fourth-order valence-corrected chi connectivity index (χ4v) is 2.71. The maximum atomic E-state index is 10.8. The third-order valence-corrected chi connectivity index (χ3v) is 3.25. The van der Waals surface area contributed by atoms with Crippen molar-refractivity contribution in [1.82, 2.24) is 0 Å². The molecule has 1 aromatic heterocycles. The predicted molar refractivity (Wildman–Crippen MR) is 46.5 cm³/mol. The van der Waals surface area contributed by atoms with Crippen molar-refractivity contribution in [2.45, 2.75) is 11.5 Å². The molecule has 1 aromatic rings. The van der Waals surface area contributed by atoms with Crippen LogP contribution in [0.1, 0.15) is 4.88 Å². The second-order valence-electron chi connectivity index (χ2n) is 2.14. The van der Waals surface area contributed by atoms with Crippen molar-refractivity contribution < 1.29 is 42.7 Å². The zero-order valence-electron chi connectivity index (χ0n) is 7.40. The quantitative estimate of drug-likeness (QED) is 0.601. The van der Waals surface area contributed by atoms with E-state index in [2.05, 4.69) is 0 Å². The van der Waals surface area contributed by atoms with Gasteiger partial charge in [0.1, 0.15) is 0 Å². The van der Waals surface area contributed by atoms with Gasteiger partial charge in [0.05, 0.1) is 21.5 Å². The summed E-state index contributed by atoms with van der Waals surface area (Å²) >= 11 is 1.28. The second kappa shape index (κ2) is 5.45. The van der Waals surface area contributed by atoms with E-state index in [4.69, 9.17) is 9.88 Å². The predicted octanol–water partition coefficient (Wildman–Crippen LogP) is -1.36. The summed E-state index contributed by atoms with van der Waals surface area (Å²) in [6.07, 6.45) is 0. The standard InChI is InChI=1S/C6H8NO3S2.Na/c1-10-4-5-6(2-3-11-5)12(7,8)9;/h2-3H,4H2,1H3,(H-,7,8,9);/q-1;+1. The molecule has 0 bridgehead atoms. The Bertz CT molecular complexity index is 360. The molecule has 0 unspecified atom stereocenters.